The van der Waals surface area contributed by atoms with Gasteiger partial charge in [-0.05, 0) is 49.4 Å². The smallest absolute Gasteiger partial charge is 0.343 e. The molecule has 1 aliphatic carbocycles. The van der Waals surface area contributed by atoms with Gasteiger partial charge >= 0.3 is 5.97 Å². The number of carbonyl (C=O) groups is 1. The summed E-state index contributed by atoms with van der Waals surface area (Å²) in [4.78, 5) is 16.5. The summed E-state index contributed by atoms with van der Waals surface area (Å²) in [5.41, 5.74) is 0.350. The van der Waals surface area contributed by atoms with Gasteiger partial charge in [0.05, 0.1) is 6.61 Å². The summed E-state index contributed by atoms with van der Waals surface area (Å²) in [5, 5.41) is 0. The average Bonchev–Trinajstić information content (AvgIpc) is 2.62. The lowest BCUT2D eigenvalue weighted by molar-refractivity contribution is 0.0428. The van der Waals surface area contributed by atoms with Crippen LogP contribution in [0.1, 0.15) is 29.6 Å². The van der Waals surface area contributed by atoms with Crippen molar-refractivity contribution in [2.75, 3.05) is 6.61 Å². The van der Waals surface area contributed by atoms with Crippen molar-refractivity contribution in [1.29, 1.82) is 0 Å². The molecule has 0 saturated heterocycles. The highest BCUT2D eigenvalue weighted by molar-refractivity contribution is 5.91. The minimum Gasteiger partial charge on any atom is -0.462 e. The lowest BCUT2D eigenvalue weighted by Crippen LogP contribution is -2.16. The van der Waals surface area contributed by atoms with E-state index in [-0.39, 0.29) is 5.88 Å². The quantitative estimate of drug-likeness (QED) is 0.607. The number of nitrogens with zero attached hydrogens (tertiary/aromatic N) is 1. The zero-order valence-electron chi connectivity index (χ0n) is 12.9. The molecule has 0 saturated carbocycles. The molecule has 23 heavy (non-hydrogen) atoms. The van der Waals surface area contributed by atoms with Crippen molar-refractivity contribution >= 4 is 5.97 Å². The highest BCUT2D eigenvalue weighted by atomic mass is 16.5. The first-order valence-corrected chi connectivity index (χ1v) is 7.83. The number of benzene rings is 1. The number of esters is 1. The third kappa shape index (κ3) is 4.19. The van der Waals surface area contributed by atoms with Gasteiger partial charge in [0.1, 0.15) is 11.3 Å². The van der Waals surface area contributed by atoms with Gasteiger partial charge in [-0.3, -0.25) is 0 Å². The molecular formula is C19H19NO3. The van der Waals surface area contributed by atoms with E-state index in [1.807, 2.05) is 30.3 Å². The molecule has 0 bridgehead atoms. The number of para-hydroxylation sites is 1. The van der Waals surface area contributed by atoms with E-state index in [1.165, 1.54) is 0 Å². The Balaban J connectivity index is 1.66. The van der Waals surface area contributed by atoms with Crippen LogP contribution in [0.2, 0.25) is 0 Å². The van der Waals surface area contributed by atoms with Crippen LogP contribution in [0, 0.1) is 5.92 Å². The highest BCUT2D eigenvalue weighted by Gasteiger charge is 2.18. The van der Waals surface area contributed by atoms with E-state index in [9.17, 15) is 4.79 Å². The molecule has 2 aromatic rings. The first kappa shape index (κ1) is 15.3. The van der Waals surface area contributed by atoms with E-state index >= 15 is 0 Å². The molecule has 1 aromatic heterocycles. The van der Waals surface area contributed by atoms with Crippen molar-refractivity contribution < 1.29 is 14.3 Å². The normalized spacial score (nSPS) is 16.8. The largest absolute Gasteiger partial charge is 0.462 e. The molecule has 0 N–H and O–H groups in total. The molecule has 1 heterocycles. The number of carbonyl (C=O) groups excluding carboxylic acids is 1. The van der Waals surface area contributed by atoms with E-state index < -0.39 is 5.97 Å². The van der Waals surface area contributed by atoms with Gasteiger partial charge in [0, 0.05) is 6.20 Å². The molecule has 0 amide bonds. The average molecular weight is 309 g/mol. The van der Waals surface area contributed by atoms with Gasteiger partial charge in [0.15, 0.2) is 0 Å². The maximum atomic E-state index is 12.3. The van der Waals surface area contributed by atoms with Gasteiger partial charge < -0.3 is 9.47 Å². The second-order valence-corrected chi connectivity index (χ2v) is 5.52. The maximum Gasteiger partial charge on any atom is 0.343 e. The van der Waals surface area contributed by atoms with Crippen LogP contribution >= 0.6 is 0 Å². The zero-order valence-corrected chi connectivity index (χ0v) is 12.9. The Morgan fingerprint density at radius 3 is 2.78 bits per heavy atom. The SMILES string of the molecule is O=C(OCC1CC=CCC1)c1cccnc1Oc1ccccc1. The summed E-state index contributed by atoms with van der Waals surface area (Å²) >= 11 is 0. The number of allylic oxidation sites excluding steroid dienone is 2. The summed E-state index contributed by atoms with van der Waals surface area (Å²) in [6.45, 7) is 0.433. The lowest BCUT2D eigenvalue weighted by atomic mass is 9.95. The Hall–Kier alpha value is -2.62. The van der Waals surface area contributed by atoms with Crippen molar-refractivity contribution in [3.63, 3.8) is 0 Å². The Morgan fingerprint density at radius 1 is 1.13 bits per heavy atom. The van der Waals surface area contributed by atoms with Crippen LogP contribution in [0.5, 0.6) is 11.6 Å². The molecule has 0 fully saturated rings. The Labute approximate surface area is 135 Å². The van der Waals surface area contributed by atoms with Crippen LogP contribution in [0.15, 0.2) is 60.8 Å². The third-order valence-electron chi connectivity index (χ3n) is 3.78. The molecule has 1 aromatic carbocycles. The second kappa shape index (κ2) is 7.58. The number of ether oxygens (including phenoxy) is 2. The van der Waals surface area contributed by atoms with E-state index in [1.54, 1.807) is 18.3 Å². The lowest BCUT2D eigenvalue weighted by Gasteiger charge is -2.17. The van der Waals surface area contributed by atoms with E-state index in [0.717, 1.165) is 19.3 Å². The molecule has 1 aliphatic rings. The van der Waals surface area contributed by atoms with Gasteiger partial charge in [-0.1, -0.05) is 30.4 Å². The molecule has 3 rings (SSSR count). The molecule has 1 unspecified atom stereocenters. The second-order valence-electron chi connectivity index (χ2n) is 5.52. The van der Waals surface area contributed by atoms with Crippen LogP contribution in [-0.4, -0.2) is 17.6 Å². The van der Waals surface area contributed by atoms with Crippen LogP contribution < -0.4 is 4.74 Å². The first-order chi connectivity index (χ1) is 11.3. The summed E-state index contributed by atoms with van der Waals surface area (Å²) < 4.78 is 11.2. The Kier molecular flexibility index (Phi) is 5.04. The van der Waals surface area contributed by atoms with Gasteiger partial charge in [0.2, 0.25) is 5.88 Å². The molecule has 118 valence electrons. The first-order valence-electron chi connectivity index (χ1n) is 7.83. The predicted octanol–water partition coefficient (Wildman–Crippen LogP) is 4.39. The maximum absolute atomic E-state index is 12.3. The number of rotatable bonds is 5. The van der Waals surface area contributed by atoms with Crippen molar-refractivity contribution in [1.82, 2.24) is 4.98 Å². The predicted molar refractivity (Wildman–Crippen MR) is 87.5 cm³/mol. The van der Waals surface area contributed by atoms with Crippen LogP contribution in [0.4, 0.5) is 0 Å². The van der Waals surface area contributed by atoms with Gasteiger partial charge in [-0.25, -0.2) is 9.78 Å². The molecule has 0 spiro atoms. The minimum atomic E-state index is -0.390. The molecule has 1 atom stereocenters. The topological polar surface area (TPSA) is 48.4 Å². The molecule has 4 heteroatoms. The fourth-order valence-electron chi connectivity index (χ4n) is 2.51. The highest BCUT2D eigenvalue weighted by Crippen LogP contribution is 2.24. The number of aromatic nitrogens is 1. The summed E-state index contributed by atoms with van der Waals surface area (Å²) in [6, 6.07) is 12.7. The number of hydrogen-bond donors (Lipinski definition) is 0. The fourth-order valence-corrected chi connectivity index (χ4v) is 2.51. The monoisotopic (exact) mass is 309 g/mol. The molecule has 4 nitrogen and oxygen atoms in total. The van der Waals surface area contributed by atoms with Gasteiger partial charge in [-0.2, -0.15) is 0 Å². The fraction of sp³-hybridized carbons (Fsp3) is 0.263. The minimum absolute atomic E-state index is 0.271. The van der Waals surface area contributed by atoms with Crippen molar-refractivity contribution in [3.8, 4) is 11.6 Å². The van der Waals surface area contributed by atoms with Crippen molar-refractivity contribution in [2.24, 2.45) is 5.92 Å². The molecular weight excluding hydrogens is 290 g/mol. The van der Waals surface area contributed by atoms with Crippen LogP contribution in [-0.2, 0) is 4.74 Å². The number of pyridine rings is 1. The molecule has 0 radical (unpaired) electrons. The van der Waals surface area contributed by atoms with Crippen molar-refractivity contribution in [2.45, 2.75) is 19.3 Å². The van der Waals surface area contributed by atoms with Gasteiger partial charge in [-0.15, -0.1) is 0 Å². The zero-order chi connectivity index (χ0) is 15.9. The van der Waals surface area contributed by atoms with E-state index in [4.69, 9.17) is 9.47 Å². The Bertz CT molecular complexity index is 682. The third-order valence-corrected chi connectivity index (χ3v) is 3.78. The van der Waals surface area contributed by atoms with Crippen molar-refractivity contribution in [3.05, 3.63) is 66.4 Å². The Morgan fingerprint density at radius 2 is 2.00 bits per heavy atom. The van der Waals surface area contributed by atoms with Crippen LogP contribution in [0.3, 0.4) is 0 Å². The van der Waals surface area contributed by atoms with E-state index in [0.29, 0.717) is 23.8 Å². The summed E-state index contributed by atoms with van der Waals surface area (Å²) in [7, 11) is 0. The molecule has 0 aliphatic heterocycles. The van der Waals surface area contributed by atoms with Gasteiger partial charge in [0.25, 0.3) is 0 Å². The summed E-state index contributed by atoms with van der Waals surface area (Å²) in [6.07, 6.45) is 9.00. The summed E-state index contributed by atoms with van der Waals surface area (Å²) in [5.74, 6) is 0.919. The standard InChI is InChI=1S/C19H19NO3/c21-19(22-14-15-8-3-1-4-9-15)17-12-7-13-20-18(17)23-16-10-5-2-6-11-16/h1-3,5-7,10-13,15H,4,8-9,14H2. The number of hydrogen-bond acceptors (Lipinski definition) is 4. The van der Waals surface area contributed by atoms with E-state index in [2.05, 4.69) is 17.1 Å². The van der Waals surface area contributed by atoms with Crippen LogP contribution in [0.25, 0.3) is 0 Å².